The van der Waals surface area contributed by atoms with E-state index in [9.17, 15) is 4.79 Å². The average molecular weight is 422 g/mol. The van der Waals surface area contributed by atoms with E-state index < -0.39 is 5.97 Å². The normalized spacial score (nSPS) is 18.5. The van der Waals surface area contributed by atoms with Gasteiger partial charge in [-0.25, -0.2) is 4.79 Å². The Morgan fingerprint density at radius 3 is 2.63 bits per heavy atom. The Bertz CT molecular complexity index is 1060. The van der Waals surface area contributed by atoms with E-state index in [1.54, 1.807) is 18.3 Å². The maximum absolute atomic E-state index is 12.2. The van der Waals surface area contributed by atoms with Gasteiger partial charge in [0.15, 0.2) is 5.11 Å². The molecule has 7 heteroatoms. The number of nitrogens with one attached hydrogen (secondary N) is 1. The zero-order valence-corrected chi connectivity index (χ0v) is 17.8. The van der Waals surface area contributed by atoms with Crippen LogP contribution in [0.4, 0.5) is 0 Å². The van der Waals surface area contributed by atoms with Crippen LogP contribution in [-0.2, 0) is 4.74 Å². The number of benzene rings is 1. The van der Waals surface area contributed by atoms with Crippen LogP contribution in [0, 0.1) is 0 Å². The molecule has 1 aliphatic rings. The van der Waals surface area contributed by atoms with E-state index in [1.807, 2.05) is 42.5 Å². The molecule has 0 bridgehead atoms. The fourth-order valence-corrected chi connectivity index (χ4v) is 4.32. The summed E-state index contributed by atoms with van der Waals surface area (Å²) < 4.78 is 11.2. The molecule has 1 fully saturated rings. The number of hydrogen-bond acceptors (Lipinski definition) is 5. The number of aromatic nitrogens is 1. The van der Waals surface area contributed by atoms with E-state index in [0.29, 0.717) is 22.0 Å². The number of rotatable bonds is 5. The fraction of sp³-hybridized carbons (Fsp3) is 0.261. The van der Waals surface area contributed by atoms with Gasteiger partial charge in [-0.3, -0.25) is 4.98 Å². The molecule has 0 radical (unpaired) electrons. The summed E-state index contributed by atoms with van der Waals surface area (Å²) in [5.74, 6) is 0.955. The molecule has 1 aromatic carbocycles. The lowest BCUT2D eigenvalue weighted by atomic mass is 10.0. The van der Waals surface area contributed by atoms with E-state index in [-0.39, 0.29) is 18.1 Å². The first kappa shape index (κ1) is 20.1. The van der Waals surface area contributed by atoms with Crippen molar-refractivity contribution in [3.05, 3.63) is 77.8 Å². The number of nitrogens with zero attached hydrogens (tertiary/aromatic N) is 2. The lowest BCUT2D eigenvalue weighted by Crippen LogP contribution is -2.35. The summed E-state index contributed by atoms with van der Waals surface area (Å²) in [7, 11) is 1.37. The van der Waals surface area contributed by atoms with Crippen LogP contribution < -0.4 is 5.32 Å². The van der Waals surface area contributed by atoms with Crippen molar-refractivity contribution in [2.75, 3.05) is 7.11 Å². The Morgan fingerprint density at radius 1 is 1.17 bits per heavy atom. The molecule has 2 atom stereocenters. The van der Waals surface area contributed by atoms with E-state index in [1.165, 1.54) is 7.11 Å². The van der Waals surface area contributed by atoms with Crippen molar-refractivity contribution in [2.45, 2.75) is 32.0 Å². The zero-order chi connectivity index (χ0) is 21.3. The van der Waals surface area contributed by atoms with Crippen LogP contribution in [0.25, 0.3) is 11.3 Å². The molecule has 6 nitrogen and oxygen atoms in total. The van der Waals surface area contributed by atoms with E-state index in [4.69, 9.17) is 21.4 Å². The Kier molecular flexibility index (Phi) is 5.55. The maximum Gasteiger partial charge on any atom is 0.338 e. The predicted molar refractivity (Wildman–Crippen MR) is 118 cm³/mol. The number of furan rings is 1. The Labute approximate surface area is 180 Å². The second kappa shape index (κ2) is 8.28. The van der Waals surface area contributed by atoms with Gasteiger partial charge in [-0.2, -0.15) is 0 Å². The third-order valence-electron chi connectivity index (χ3n) is 5.21. The minimum atomic E-state index is -0.401. The first-order chi connectivity index (χ1) is 14.5. The monoisotopic (exact) mass is 421 g/mol. The lowest BCUT2D eigenvalue weighted by Gasteiger charge is -2.29. The Morgan fingerprint density at radius 2 is 1.93 bits per heavy atom. The van der Waals surface area contributed by atoms with Gasteiger partial charge < -0.3 is 19.4 Å². The molecule has 1 aliphatic heterocycles. The molecule has 2 aromatic heterocycles. The molecule has 3 heterocycles. The van der Waals surface area contributed by atoms with Gasteiger partial charge in [-0.1, -0.05) is 24.3 Å². The highest BCUT2D eigenvalue weighted by atomic mass is 32.1. The van der Waals surface area contributed by atoms with Crippen molar-refractivity contribution < 1.29 is 13.9 Å². The van der Waals surface area contributed by atoms with Crippen LogP contribution in [-0.4, -0.2) is 34.1 Å². The van der Waals surface area contributed by atoms with Gasteiger partial charge in [-0.05, 0) is 56.4 Å². The van der Waals surface area contributed by atoms with E-state index in [0.717, 1.165) is 11.5 Å². The summed E-state index contributed by atoms with van der Waals surface area (Å²) in [6, 6.07) is 16.8. The molecule has 4 rings (SSSR count). The number of pyridine rings is 1. The van der Waals surface area contributed by atoms with Gasteiger partial charge in [-0.15, -0.1) is 0 Å². The van der Waals surface area contributed by atoms with Gasteiger partial charge in [0.2, 0.25) is 0 Å². The van der Waals surface area contributed by atoms with Gasteiger partial charge in [0, 0.05) is 17.8 Å². The first-order valence-corrected chi connectivity index (χ1v) is 10.2. The quantitative estimate of drug-likeness (QED) is 0.480. The van der Waals surface area contributed by atoms with Crippen molar-refractivity contribution in [1.29, 1.82) is 0 Å². The third-order valence-corrected chi connectivity index (χ3v) is 5.54. The van der Waals surface area contributed by atoms with Crippen LogP contribution in [0.5, 0.6) is 0 Å². The van der Waals surface area contributed by atoms with Crippen molar-refractivity contribution in [3.63, 3.8) is 0 Å². The van der Waals surface area contributed by atoms with Gasteiger partial charge in [0.25, 0.3) is 0 Å². The molecule has 0 spiro atoms. The number of ether oxygens (including phenoxy) is 1. The van der Waals surface area contributed by atoms with E-state index in [2.05, 4.69) is 29.0 Å². The first-order valence-electron chi connectivity index (χ1n) is 9.78. The molecule has 3 aromatic rings. The molecule has 2 unspecified atom stereocenters. The van der Waals surface area contributed by atoms with Crippen LogP contribution in [0.3, 0.4) is 0 Å². The summed E-state index contributed by atoms with van der Waals surface area (Å²) >= 11 is 5.63. The smallest absolute Gasteiger partial charge is 0.338 e. The summed E-state index contributed by atoms with van der Waals surface area (Å²) in [4.78, 5) is 18.8. The number of methoxy groups -OCH3 is 1. The van der Waals surface area contributed by atoms with Crippen molar-refractivity contribution >= 4 is 23.3 Å². The van der Waals surface area contributed by atoms with Gasteiger partial charge >= 0.3 is 5.97 Å². The van der Waals surface area contributed by atoms with Crippen molar-refractivity contribution in [2.24, 2.45) is 0 Å². The number of thiocarbonyl (C=S) groups is 1. The topological polar surface area (TPSA) is 67.6 Å². The fourth-order valence-electron chi connectivity index (χ4n) is 3.87. The number of hydrogen-bond donors (Lipinski definition) is 1. The van der Waals surface area contributed by atoms with E-state index >= 15 is 0 Å². The molecule has 0 amide bonds. The van der Waals surface area contributed by atoms with Crippen molar-refractivity contribution in [3.8, 4) is 11.3 Å². The van der Waals surface area contributed by atoms with Gasteiger partial charge in [0.1, 0.15) is 17.6 Å². The Balaban J connectivity index is 1.77. The Hall–Kier alpha value is -3.19. The molecule has 0 saturated carbocycles. The van der Waals surface area contributed by atoms with Crippen LogP contribution in [0.1, 0.15) is 47.7 Å². The van der Waals surface area contributed by atoms with Crippen LogP contribution in [0.15, 0.2) is 65.2 Å². The maximum atomic E-state index is 12.2. The van der Waals surface area contributed by atoms with Crippen LogP contribution >= 0.6 is 12.2 Å². The second-order valence-corrected chi connectivity index (χ2v) is 7.75. The molecule has 1 saturated heterocycles. The summed E-state index contributed by atoms with van der Waals surface area (Å²) in [5, 5.41) is 4.06. The minimum absolute atomic E-state index is 0.143. The number of esters is 1. The second-order valence-electron chi connectivity index (χ2n) is 7.37. The number of carbonyl (C=O) groups is 1. The molecule has 30 heavy (non-hydrogen) atoms. The summed E-state index contributed by atoms with van der Waals surface area (Å²) in [6.07, 6.45) is 1.77. The van der Waals surface area contributed by atoms with Crippen molar-refractivity contribution in [1.82, 2.24) is 15.2 Å². The molecule has 0 aliphatic carbocycles. The lowest BCUT2D eigenvalue weighted by molar-refractivity contribution is 0.0601. The SMILES string of the molecule is COC(=O)c1ccccc1-c1ccc(C2C(c3ccccn3)NC(=S)N2C(C)C)o1. The minimum Gasteiger partial charge on any atom is -0.465 e. The van der Waals surface area contributed by atoms with Gasteiger partial charge in [0.05, 0.1) is 24.4 Å². The zero-order valence-electron chi connectivity index (χ0n) is 17.0. The third kappa shape index (κ3) is 3.57. The highest BCUT2D eigenvalue weighted by molar-refractivity contribution is 7.80. The highest BCUT2D eigenvalue weighted by Crippen LogP contribution is 2.41. The molecular weight excluding hydrogens is 398 g/mol. The summed E-state index contributed by atoms with van der Waals surface area (Å²) in [6.45, 7) is 4.19. The number of carbonyl (C=O) groups excluding carboxylic acids is 1. The largest absolute Gasteiger partial charge is 0.465 e. The highest BCUT2D eigenvalue weighted by Gasteiger charge is 2.42. The predicted octanol–water partition coefficient (Wildman–Crippen LogP) is 4.51. The van der Waals surface area contributed by atoms with Crippen LogP contribution in [0.2, 0.25) is 0 Å². The standard InChI is InChI=1S/C23H23N3O3S/c1-14(2)26-21(20(25-23(26)30)17-10-6-7-13-24-17)19-12-11-18(29-19)15-8-4-5-9-16(15)22(27)28-3/h4-14,20-21H,1-3H3,(H,25,30). The summed E-state index contributed by atoms with van der Waals surface area (Å²) in [5.41, 5.74) is 2.04. The molecule has 1 N–H and O–H groups in total. The average Bonchev–Trinajstić information content (AvgIpc) is 3.38. The molecule has 154 valence electrons. The molecular formula is C23H23N3O3S.